The second kappa shape index (κ2) is 5.34. The first kappa shape index (κ1) is 11.7. The van der Waals surface area contributed by atoms with Crippen LogP contribution in [0.1, 0.15) is 6.92 Å². The maximum atomic E-state index is 5.39. The van der Waals surface area contributed by atoms with Crippen molar-refractivity contribution in [2.75, 3.05) is 28.3 Å². The lowest BCUT2D eigenvalue weighted by molar-refractivity contribution is 0.257. The van der Waals surface area contributed by atoms with Crippen LogP contribution in [-0.2, 0) is 8.85 Å². The zero-order chi connectivity index (χ0) is 9.61. The average molecular weight is 189 g/mol. The van der Waals surface area contributed by atoms with Crippen molar-refractivity contribution < 1.29 is 8.85 Å². The van der Waals surface area contributed by atoms with Gasteiger partial charge in [0, 0.05) is 28.3 Å². The molecule has 0 aliphatic rings. The van der Waals surface area contributed by atoms with Gasteiger partial charge in [-0.1, -0.05) is 6.92 Å². The molecule has 0 unspecified atom stereocenters. The minimum Gasteiger partial charge on any atom is -0.395 e. The topological polar surface area (TPSA) is 21.7 Å². The lowest BCUT2D eigenvalue weighted by Crippen LogP contribution is -2.37. The Morgan fingerprint density at radius 1 is 1.25 bits per heavy atom. The third-order valence-electron chi connectivity index (χ3n) is 1.81. The van der Waals surface area contributed by atoms with E-state index in [1.54, 1.807) is 14.2 Å². The van der Waals surface area contributed by atoms with Crippen molar-refractivity contribution >= 4 is 8.56 Å². The van der Waals surface area contributed by atoms with Crippen LogP contribution in [0.25, 0.3) is 0 Å². The highest BCUT2D eigenvalue weighted by Crippen LogP contribution is 2.12. The summed E-state index contributed by atoms with van der Waals surface area (Å²) in [7, 11) is 5.38. The molecule has 0 aliphatic heterocycles. The second-order valence-electron chi connectivity index (χ2n) is 2.85. The van der Waals surface area contributed by atoms with Crippen molar-refractivity contribution in [2.24, 2.45) is 0 Å². The molecule has 0 heterocycles. The van der Waals surface area contributed by atoms with Gasteiger partial charge in [0.1, 0.15) is 0 Å². The van der Waals surface area contributed by atoms with Gasteiger partial charge in [-0.3, -0.25) is 0 Å². The van der Waals surface area contributed by atoms with E-state index in [2.05, 4.69) is 6.92 Å². The molecular weight excluding hydrogens is 170 g/mol. The molecule has 0 fully saturated rings. The van der Waals surface area contributed by atoms with Gasteiger partial charge in [-0.25, -0.2) is 0 Å². The van der Waals surface area contributed by atoms with Gasteiger partial charge >= 0.3 is 8.56 Å². The molecule has 0 atom stereocenters. The Morgan fingerprint density at radius 3 is 2.00 bits per heavy atom. The molecule has 0 aromatic carbocycles. The van der Waals surface area contributed by atoms with Crippen LogP contribution in [0.2, 0.25) is 6.04 Å². The van der Waals surface area contributed by atoms with E-state index >= 15 is 0 Å². The fourth-order valence-electron chi connectivity index (χ4n) is 0.889. The zero-order valence-corrected chi connectivity index (χ0v) is 9.63. The maximum absolute atomic E-state index is 5.39. The van der Waals surface area contributed by atoms with Gasteiger partial charge in [-0.15, -0.1) is 0 Å². The summed E-state index contributed by atoms with van der Waals surface area (Å²) >= 11 is 0. The maximum Gasteiger partial charge on any atom is 0.365 e. The Labute approximate surface area is 76.2 Å². The summed E-state index contributed by atoms with van der Waals surface area (Å²) in [6, 6.07) is 0.935. The first-order chi connectivity index (χ1) is 5.60. The van der Waals surface area contributed by atoms with E-state index in [4.69, 9.17) is 8.85 Å². The molecule has 0 rings (SSSR count). The van der Waals surface area contributed by atoms with Crippen molar-refractivity contribution in [3.8, 4) is 0 Å². The van der Waals surface area contributed by atoms with Crippen LogP contribution in [0.5, 0.6) is 0 Å². The van der Waals surface area contributed by atoms with Crippen LogP contribution >= 0.6 is 0 Å². The second-order valence-corrected chi connectivity index (χ2v) is 6.33. The van der Waals surface area contributed by atoms with Crippen LogP contribution in [0, 0.1) is 0 Å². The highest BCUT2D eigenvalue weighted by molar-refractivity contribution is 6.72. The summed E-state index contributed by atoms with van der Waals surface area (Å²) in [5.41, 5.74) is 2.05. The van der Waals surface area contributed by atoms with E-state index in [1.165, 1.54) is 0 Å². The highest BCUT2D eigenvalue weighted by atomic mass is 28.4. The monoisotopic (exact) mass is 189 g/mol. The predicted molar refractivity (Wildman–Crippen MR) is 53.1 cm³/mol. The molecule has 0 aromatic rings. The van der Waals surface area contributed by atoms with Gasteiger partial charge in [0.25, 0.3) is 0 Å². The molecule has 72 valence electrons. The standard InChI is InChI=1S/C8H19NO2Si/c1-6-12(10-4,11-5)8-7-9(2)3/h7-8H,6H2,1-5H3. The van der Waals surface area contributed by atoms with Crippen LogP contribution in [0.3, 0.4) is 0 Å². The largest absolute Gasteiger partial charge is 0.395 e. The zero-order valence-electron chi connectivity index (χ0n) is 8.63. The summed E-state index contributed by atoms with van der Waals surface area (Å²) in [6.45, 7) is 2.08. The Bertz CT molecular complexity index is 136. The molecule has 0 saturated heterocycles. The molecule has 0 N–H and O–H groups in total. The molecule has 0 spiro atoms. The van der Waals surface area contributed by atoms with Crippen molar-refractivity contribution in [1.82, 2.24) is 4.90 Å². The summed E-state index contributed by atoms with van der Waals surface area (Å²) in [5.74, 6) is 0. The molecule has 3 nitrogen and oxygen atoms in total. The normalized spacial score (nSPS) is 12.4. The molecule has 0 amide bonds. The molecule has 0 radical (unpaired) electrons. The van der Waals surface area contributed by atoms with E-state index in [0.717, 1.165) is 6.04 Å². The number of nitrogens with zero attached hydrogens (tertiary/aromatic N) is 1. The third-order valence-corrected chi connectivity index (χ3v) is 4.84. The molecular formula is C8H19NO2Si. The van der Waals surface area contributed by atoms with Crippen molar-refractivity contribution in [3.05, 3.63) is 11.9 Å². The number of hydrogen-bond acceptors (Lipinski definition) is 3. The van der Waals surface area contributed by atoms with E-state index in [-0.39, 0.29) is 0 Å². The minimum absolute atomic E-state index is 0.935. The number of hydrogen-bond donors (Lipinski definition) is 0. The smallest absolute Gasteiger partial charge is 0.365 e. The third kappa shape index (κ3) is 3.38. The van der Waals surface area contributed by atoms with Crippen LogP contribution < -0.4 is 0 Å². The van der Waals surface area contributed by atoms with Crippen LogP contribution in [0.15, 0.2) is 11.9 Å². The van der Waals surface area contributed by atoms with Crippen molar-refractivity contribution in [1.29, 1.82) is 0 Å². The Morgan fingerprint density at radius 2 is 1.75 bits per heavy atom. The SMILES string of the molecule is CC[Si](C=CN(C)C)(OC)OC. The van der Waals surface area contributed by atoms with E-state index in [0.29, 0.717) is 0 Å². The first-order valence-corrected chi connectivity index (χ1v) is 6.16. The lowest BCUT2D eigenvalue weighted by atomic mass is 10.9. The molecule has 0 aliphatic carbocycles. The fraction of sp³-hybridized carbons (Fsp3) is 0.750. The van der Waals surface area contributed by atoms with Crippen molar-refractivity contribution in [2.45, 2.75) is 13.0 Å². The lowest BCUT2D eigenvalue weighted by Gasteiger charge is -2.22. The summed E-state index contributed by atoms with van der Waals surface area (Å²) in [5, 5.41) is 0. The van der Waals surface area contributed by atoms with Crippen LogP contribution in [-0.4, -0.2) is 41.8 Å². The molecule has 12 heavy (non-hydrogen) atoms. The van der Waals surface area contributed by atoms with Gasteiger partial charge in [0.15, 0.2) is 0 Å². The van der Waals surface area contributed by atoms with E-state index < -0.39 is 8.56 Å². The van der Waals surface area contributed by atoms with Gasteiger partial charge < -0.3 is 13.8 Å². The number of rotatable bonds is 5. The van der Waals surface area contributed by atoms with Gasteiger partial charge in [0.05, 0.1) is 0 Å². The van der Waals surface area contributed by atoms with Crippen LogP contribution in [0.4, 0.5) is 0 Å². The van der Waals surface area contributed by atoms with Gasteiger partial charge in [-0.2, -0.15) is 0 Å². The minimum atomic E-state index is -2.00. The molecule has 0 saturated carbocycles. The molecule has 0 bridgehead atoms. The fourth-order valence-corrected chi connectivity index (χ4v) is 2.67. The summed E-state index contributed by atoms with van der Waals surface area (Å²) < 4.78 is 10.8. The average Bonchev–Trinajstić information content (AvgIpc) is 2.08. The molecule has 0 aromatic heterocycles. The Kier molecular flexibility index (Phi) is 5.20. The van der Waals surface area contributed by atoms with Crippen molar-refractivity contribution in [3.63, 3.8) is 0 Å². The predicted octanol–water partition coefficient (Wildman–Crippen LogP) is 1.36. The van der Waals surface area contributed by atoms with Gasteiger partial charge in [-0.05, 0) is 17.9 Å². The Hall–Kier alpha value is -0.323. The summed E-state index contributed by atoms with van der Waals surface area (Å²) in [6.07, 6.45) is 1.99. The van der Waals surface area contributed by atoms with Gasteiger partial charge in [0.2, 0.25) is 0 Å². The quantitative estimate of drug-likeness (QED) is 0.610. The first-order valence-electron chi connectivity index (χ1n) is 4.06. The molecule has 4 heteroatoms. The Balaban J connectivity index is 4.29. The van der Waals surface area contributed by atoms with E-state index in [9.17, 15) is 0 Å². The van der Waals surface area contributed by atoms with E-state index in [1.807, 2.05) is 30.9 Å². The highest BCUT2D eigenvalue weighted by Gasteiger charge is 2.29. The summed E-state index contributed by atoms with van der Waals surface area (Å²) in [4.78, 5) is 1.98.